The highest BCUT2D eigenvalue weighted by molar-refractivity contribution is 6.31. The van der Waals surface area contributed by atoms with Gasteiger partial charge in [-0.05, 0) is 23.5 Å². The van der Waals surface area contributed by atoms with Gasteiger partial charge in [0.05, 0.1) is 0 Å². The Morgan fingerprint density at radius 1 is 1.25 bits per heavy atom. The SMILES string of the molecule is C=C/C=C(/CC(=O)CC1CC=CC=CC1c1ccccc1)C(=C)Cl. The van der Waals surface area contributed by atoms with Crippen LogP contribution in [0.4, 0.5) is 0 Å². The molecule has 1 aliphatic carbocycles. The molecule has 2 unspecified atom stereocenters. The summed E-state index contributed by atoms with van der Waals surface area (Å²) >= 11 is 5.97. The van der Waals surface area contributed by atoms with Crippen LogP contribution in [0.2, 0.25) is 0 Å². The number of carbonyl (C=O) groups excluding carboxylic acids is 1. The number of carbonyl (C=O) groups is 1. The van der Waals surface area contributed by atoms with Crippen molar-refractivity contribution in [2.75, 3.05) is 0 Å². The fourth-order valence-electron chi connectivity index (χ4n) is 3.05. The third-order valence-electron chi connectivity index (χ3n) is 4.24. The largest absolute Gasteiger partial charge is 0.299 e. The van der Waals surface area contributed by atoms with Gasteiger partial charge in [-0.3, -0.25) is 4.79 Å². The van der Waals surface area contributed by atoms with Gasteiger partial charge in [0.15, 0.2) is 0 Å². The first-order valence-corrected chi connectivity index (χ1v) is 8.56. The monoisotopic (exact) mass is 338 g/mol. The highest BCUT2D eigenvalue weighted by Crippen LogP contribution is 2.34. The second-order valence-corrected chi connectivity index (χ2v) is 6.45. The lowest BCUT2D eigenvalue weighted by atomic mass is 9.80. The molecule has 1 nitrogen and oxygen atoms in total. The fourth-order valence-corrected chi connectivity index (χ4v) is 3.18. The van der Waals surface area contributed by atoms with Crippen molar-refractivity contribution in [3.05, 3.63) is 96.1 Å². The van der Waals surface area contributed by atoms with Gasteiger partial charge in [-0.25, -0.2) is 0 Å². The molecule has 0 fully saturated rings. The molecule has 0 heterocycles. The Hall–Kier alpha value is -2.12. The number of ketones is 1. The highest BCUT2D eigenvalue weighted by Gasteiger charge is 2.24. The van der Waals surface area contributed by atoms with Gasteiger partial charge < -0.3 is 0 Å². The van der Waals surface area contributed by atoms with Crippen molar-refractivity contribution in [3.8, 4) is 0 Å². The van der Waals surface area contributed by atoms with Gasteiger partial charge in [-0.2, -0.15) is 0 Å². The number of hydrogen-bond donors (Lipinski definition) is 0. The van der Waals surface area contributed by atoms with Crippen LogP contribution in [0.15, 0.2) is 90.6 Å². The Morgan fingerprint density at radius 3 is 2.67 bits per heavy atom. The summed E-state index contributed by atoms with van der Waals surface area (Å²) < 4.78 is 0. The normalized spacial score (nSPS) is 20.5. The van der Waals surface area contributed by atoms with Crippen LogP contribution in [0.1, 0.15) is 30.7 Å². The van der Waals surface area contributed by atoms with E-state index < -0.39 is 0 Å². The van der Waals surface area contributed by atoms with Gasteiger partial charge in [0, 0.05) is 23.8 Å². The topological polar surface area (TPSA) is 17.1 Å². The van der Waals surface area contributed by atoms with E-state index in [1.165, 1.54) is 5.56 Å². The molecule has 1 aliphatic rings. The van der Waals surface area contributed by atoms with Crippen LogP contribution in [-0.4, -0.2) is 5.78 Å². The molecule has 1 aromatic carbocycles. The van der Waals surface area contributed by atoms with Crippen molar-refractivity contribution in [2.24, 2.45) is 5.92 Å². The summed E-state index contributed by atoms with van der Waals surface area (Å²) in [5.41, 5.74) is 1.99. The number of allylic oxidation sites excluding steroid dienone is 8. The number of rotatable bonds is 7. The molecule has 0 aliphatic heterocycles. The molecule has 2 atom stereocenters. The number of hydrogen-bond acceptors (Lipinski definition) is 1. The summed E-state index contributed by atoms with van der Waals surface area (Å²) in [6.07, 6.45) is 13.6. The zero-order valence-corrected chi connectivity index (χ0v) is 14.6. The molecule has 0 bridgehead atoms. The molecule has 2 rings (SSSR count). The summed E-state index contributed by atoms with van der Waals surface area (Å²) in [6, 6.07) is 10.4. The predicted molar refractivity (Wildman–Crippen MR) is 103 cm³/mol. The minimum absolute atomic E-state index is 0.180. The number of Topliss-reactive ketones (excluding diaryl/α,β-unsaturated/α-hetero) is 1. The first kappa shape index (κ1) is 18.2. The maximum atomic E-state index is 12.6. The number of benzene rings is 1. The molecular weight excluding hydrogens is 316 g/mol. The van der Waals surface area contributed by atoms with E-state index in [9.17, 15) is 4.79 Å². The molecule has 0 amide bonds. The second-order valence-electron chi connectivity index (χ2n) is 6.00. The summed E-state index contributed by atoms with van der Waals surface area (Å²) in [4.78, 5) is 12.6. The quantitative estimate of drug-likeness (QED) is 0.547. The molecule has 1 aromatic rings. The van der Waals surface area contributed by atoms with Crippen LogP contribution in [0.25, 0.3) is 0 Å². The molecule has 124 valence electrons. The van der Waals surface area contributed by atoms with Crippen molar-refractivity contribution in [2.45, 2.75) is 25.2 Å². The van der Waals surface area contributed by atoms with E-state index in [4.69, 9.17) is 11.6 Å². The summed E-state index contributed by atoms with van der Waals surface area (Å²) in [5.74, 6) is 0.680. The van der Waals surface area contributed by atoms with Gasteiger partial charge in [0.1, 0.15) is 5.78 Å². The average molecular weight is 339 g/mol. The van der Waals surface area contributed by atoms with Gasteiger partial charge in [0.25, 0.3) is 0 Å². The van der Waals surface area contributed by atoms with E-state index in [0.717, 1.165) is 12.0 Å². The Labute approximate surface area is 149 Å². The van der Waals surface area contributed by atoms with Crippen molar-refractivity contribution in [1.29, 1.82) is 0 Å². The molecule has 0 N–H and O–H groups in total. The zero-order valence-electron chi connectivity index (χ0n) is 13.8. The average Bonchev–Trinajstić information content (AvgIpc) is 2.80. The maximum absolute atomic E-state index is 12.6. The van der Waals surface area contributed by atoms with Gasteiger partial charge in [-0.1, -0.05) is 91.5 Å². The lowest BCUT2D eigenvalue weighted by Gasteiger charge is -2.23. The minimum Gasteiger partial charge on any atom is -0.299 e. The van der Waals surface area contributed by atoms with Crippen LogP contribution >= 0.6 is 11.6 Å². The lowest BCUT2D eigenvalue weighted by Crippen LogP contribution is -2.15. The van der Waals surface area contributed by atoms with Gasteiger partial charge in [-0.15, -0.1) is 0 Å². The standard InChI is InChI=1S/C22H23ClO/c1-3-10-19(17(2)23)15-21(24)16-20-13-8-5-9-14-22(20)18-11-6-4-7-12-18/h3-12,14,20,22H,1-2,13,15-16H2/b19-10-. The molecule has 2 heteroatoms. The van der Waals surface area contributed by atoms with Gasteiger partial charge >= 0.3 is 0 Å². The molecule has 0 radical (unpaired) electrons. The Balaban J connectivity index is 2.13. The summed E-state index contributed by atoms with van der Waals surface area (Å²) in [6.45, 7) is 7.39. The van der Waals surface area contributed by atoms with Crippen LogP contribution in [0.3, 0.4) is 0 Å². The Morgan fingerprint density at radius 2 is 2.00 bits per heavy atom. The number of halogens is 1. The fraction of sp³-hybridized carbons (Fsp3) is 0.227. The Kier molecular flexibility index (Phi) is 7.02. The zero-order chi connectivity index (χ0) is 17.4. The van der Waals surface area contributed by atoms with Crippen molar-refractivity contribution < 1.29 is 4.79 Å². The maximum Gasteiger partial charge on any atom is 0.137 e. The first-order valence-electron chi connectivity index (χ1n) is 8.18. The molecule has 0 aromatic heterocycles. The van der Waals surface area contributed by atoms with Crippen LogP contribution in [-0.2, 0) is 4.79 Å². The molecule has 24 heavy (non-hydrogen) atoms. The van der Waals surface area contributed by atoms with E-state index in [1.807, 2.05) is 18.2 Å². The molecule has 0 saturated heterocycles. The highest BCUT2D eigenvalue weighted by atomic mass is 35.5. The molecule has 0 saturated carbocycles. The van der Waals surface area contributed by atoms with E-state index in [1.54, 1.807) is 12.2 Å². The second kappa shape index (κ2) is 9.24. The third-order valence-corrected chi connectivity index (χ3v) is 4.48. The van der Waals surface area contributed by atoms with E-state index in [-0.39, 0.29) is 17.6 Å². The van der Waals surface area contributed by atoms with Crippen molar-refractivity contribution in [1.82, 2.24) is 0 Å². The van der Waals surface area contributed by atoms with Crippen molar-refractivity contribution in [3.63, 3.8) is 0 Å². The predicted octanol–water partition coefficient (Wildman–Crippen LogP) is 6.12. The van der Waals surface area contributed by atoms with E-state index in [2.05, 4.69) is 49.6 Å². The molecular formula is C22H23ClO. The summed E-state index contributed by atoms with van der Waals surface area (Å²) in [5, 5.41) is 0.406. The van der Waals surface area contributed by atoms with Crippen LogP contribution in [0.5, 0.6) is 0 Å². The Bertz CT molecular complexity index is 679. The van der Waals surface area contributed by atoms with E-state index >= 15 is 0 Å². The minimum atomic E-state index is 0.180. The van der Waals surface area contributed by atoms with Crippen molar-refractivity contribution >= 4 is 17.4 Å². The molecule has 0 spiro atoms. The first-order chi connectivity index (χ1) is 11.6. The lowest BCUT2D eigenvalue weighted by molar-refractivity contribution is -0.119. The third kappa shape index (κ3) is 5.21. The van der Waals surface area contributed by atoms with E-state index in [0.29, 0.717) is 17.9 Å². The van der Waals surface area contributed by atoms with Crippen LogP contribution < -0.4 is 0 Å². The smallest absolute Gasteiger partial charge is 0.137 e. The van der Waals surface area contributed by atoms with Gasteiger partial charge in [0.2, 0.25) is 0 Å². The van der Waals surface area contributed by atoms with Crippen LogP contribution in [0, 0.1) is 5.92 Å². The summed E-state index contributed by atoms with van der Waals surface area (Å²) in [7, 11) is 0.